The van der Waals surface area contributed by atoms with Crippen LogP contribution in [0.3, 0.4) is 0 Å². The Balaban J connectivity index is 1.49. The summed E-state index contributed by atoms with van der Waals surface area (Å²) in [5.41, 5.74) is 2.99. The molecule has 140 valence electrons. The van der Waals surface area contributed by atoms with Crippen molar-refractivity contribution in [3.63, 3.8) is 0 Å². The van der Waals surface area contributed by atoms with Crippen molar-refractivity contribution in [1.82, 2.24) is 9.88 Å². The summed E-state index contributed by atoms with van der Waals surface area (Å²) >= 11 is 3.18. The standard InChI is InChI=1S/C21H23N3OS2/c1-23(21(25)17-15-27-20(22-17)19-10-7-13-26-19)14-16-8-3-4-9-18(16)24-11-5-2-6-12-24/h3-4,7-10,13,15H,2,5-6,11-12,14H2,1H3. The van der Waals surface area contributed by atoms with E-state index in [1.807, 2.05) is 29.9 Å². The van der Waals surface area contributed by atoms with Crippen LogP contribution in [0.1, 0.15) is 35.3 Å². The lowest BCUT2D eigenvalue weighted by Crippen LogP contribution is -2.32. The average Bonchev–Trinajstić information content (AvgIpc) is 3.40. The lowest BCUT2D eigenvalue weighted by molar-refractivity contribution is 0.0780. The number of anilines is 1. The Bertz CT molecular complexity index is 898. The van der Waals surface area contributed by atoms with E-state index in [0.717, 1.165) is 23.0 Å². The number of nitrogens with zero attached hydrogens (tertiary/aromatic N) is 3. The summed E-state index contributed by atoms with van der Waals surface area (Å²) in [7, 11) is 1.86. The molecule has 1 aromatic carbocycles. The fraction of sp³-hybridized carbons (Fsp3) is 0.333. The first kappa shape index (κ1) is 18.2. The first-order valence-electron chi connectivity index (χ1n) is 9.30. The van der Waals surface area contributed by atoms with Gasteiger partial charge in [0.25, 0.3) is 5.91 Å². The fourth-order valence-corrected chi connectivity index (χ4v) is 5.10. The van der Waals surface area contributed by atoms with Gasteiger partial charge >= 0.3 is 0 Å². The molecule has 1 fully saturated rings. The van der Waals surface area contributed by atoms with Crippen molar-refractivity contribution in [2.45, 2.75) is 25.8 Å². The van der Waals surface area contributed by atoms with Gasteiger partial charge in [-0.2, -0.15) is 0 Å². The fourth-order valence-electron chi connectivity index (χ4n) is 3.50. The number of amides is 1. The summed E-state index contributed by atoms with van der Waals surface area (Å²) in [6.07, 6.45) is 3.80. The van der Waals surface area contributed by atoms with Gasteiger partial charge in [-0.1, -0.05) is 24.3 Å². The number of hydrogen-bond donors (Lipinski definition) is 0. The molecule has 0 spiro atoms. The number of hydrogen-bond acceptors (Lipinski definition) is 5. The third-order valence-corrected chi connectivity index (χ3v) is 6.78. The zero-order valence-electron chi connectivity index (χ0n) is 15.4. The molecule has 27 heavy (non-hydrogen) atoms. The zero-order valence-corrected chi connectivity index (χ0v) is 17.1. The maximum absolute atomic E-state index is 12.9. The van der Waals surface area contributed by atoms with E-state index in [0.29, 0.717) is 12.2 Å². The predicted octanol–water partition coefficient (Wildman–Crippen LogP) is 5.13. The Labute approximate surface area is 168 Å². The molecule has 0 aliphatic carbocycles. The number of carbonyl (C=O) groups is 1. The van der Waals surface area contributed by atoms with E-state index < -0.39 is 0 Å². The van der Waals surface area contributed by atoms with Crippen LogP contribution in [0.15, 0.2) is 47.2 Å². The van der Waals surface area contributed by atoms with Crippen molar-refractivity contribution in [2.75, 3.05) is 25.0 Å². The molecule has 1 aliphatic rings. The minimum absolute atomic E-state index is 0.0255. The Morgan fingerprint density at radius 1 is 1.11 bits per heavy atom. The molecule has 0 N–H and O–H groups in total. The van der Waals surface area contributed by atoms with Gasteiger partial charge in [0.2, 0.25) is 0 Å². The van der Waals surface area contributed by atoms with Crippen molar-refractivity contribution >= 4 is 34.3 Å². The van der Waals surface area contributed by atoms with Crippen LogP contribution in [0, 0.1) is 0 Å². The van der Waals surface area contributed by atoms with E-state index >= 15 is 0 Å². The van der Waals surface area contributed by atoms with E-state index in [-0.39, 0.29) is 5.91 Å². The Kier molecular flexibility index (Phi) is 5.55. The summed E-state index contributed by atoms with van der Waals surface area (Å²) < 4.78 is 0. The molecular formula is C21H23N3OS2. The van der Waals surface area contributed by atoms with E-state index in [1.165, 1.54) is 41.9 Å². The summed E-state index contributed by atoms with van der Waals surface area (Å²) in [4.78, 5) is 22.8. The molecule has 1 saturated heterocycles. The molecule has 0 atom stereocenters. The van der Waals surface area contributed by atoms with E-state index in [4.69, 9.17) is 0 Å². The minimum Gasteiger partial charge on any atom is -0.371 e. The predicted molar refractivity (Wildman–Crippen MR) is 114 cm³/mol. The Hall–Kier alpha value is -2.18. The van der Waals surface area contributed by atoms with Gasteiger partial charge in [0.15, 0.2) is 0 Å². The quantitative estimate of drug-likeness (QED) is 0.598. The molecule has 2 aromatic heterocycles. The Morgan fingerprint density at radius 3 is 2.70 bits per heavy atom. The molecule has 6 heteroatoms. The topological polar surface area (TPSA) is 36.4 Å². The number of thiazole rings is 1. The van der Waals surface area contributed by atoms with Crippen molar-refractivity contribution in [1.29, 1.82) is 0 Å². The number of para-hydroxylation sites is 1. The molecule has 3 heterocycles. The van der Waals surface area contributed by atoms with Crippen molar-refractivity contribution in [3.05, 3.63) is 58.4 Å². The molecule has 3 aromatic rings. The van der Waals surface area contributed by atoms with Crippen LogP contribution in [0.2, 0.25) is 0 Å². The van der Waals surface area contributed by atoms with Gasteiger partial charge in [-0.25, -0.2) is 4.98 Å². The second-order valence-corrected chi connectivity index (χ2v) is 8.66. The molecule has 0 saturated carbocycles. The van der Waals surface area contributed by atoms with Gasteiger partial charge in [-0.15, -0.1) is 22.7 Å². The summed E-state index contributed by atoms with van der Waals surface area (Å²) in [5.74, 6) is -0.0255. The first-order valence-corrected chi connectivity index (χ1v) is 11.1. The molecule has 1 aliphatic heterocycles. The van der Waals surface area contributed by atoms with Gasteiger partial charge in [-0.3, -0.25) is 4.79 Å². The number of aromatic nitrogens is 1. The number of rotatable bonds is 5. The normalized spacial score (nSPS) is 14.3. The minimum atomic E-state index is -0.0255. The number of benzene rings is 1. The molecule has 4 rings (SSSR count). The van der Waals surface area contributed by atoms with Crippen LogP contribution in [0.4, 0.5) is 5.69 Å². The summed E-state index contributed by atoms with van der Waals surface area (Å²) in [6.45, 7) is 2.80. The number of carbonyl (C=O) groups excluding carboxylic acids is 1. The van der Waals surface area contributed by atoms with Gasteiger partial charge in [0.1, 0.15) is 10.7 Å². The SMILES string of the molecule is CN(Cc1ccccc1N1CCCCC1)C(=O)c1csc(-c2cccs2)n1. The molecular weight excluding hydrogens is 374 g/mol. The second-order valence-electron chi connectivity index (χ2n) is 6.85. The smallest absolute Gasteiger partial charge is 0.273 e. The van der Waals surface area contributed by atoms with Crippen LogP contribution in [-0.4, -0.2) is 35.9 Å². The average molecular weight is 398 g/mol. The van der Waals surface area contributed by atoms with Crippen LogP contribution in [0.25, 0.3) is 9.88 Å². The van der Waals surface area contributed by atoms with Crippen LogP contribution < -0.4 is 4.90 Å². The van der Waals surface area contributed by atoms with E-state index in [9.17, 15) is 4.79 Å². The van der Waals surface area contributed by atoms with Gasteiger partial charge in [-0.05, 0) is 42.3 Å². The number of thiophene rings is 1. The molecule has 0 bridgehead atoms. The first-order chi connectivity index (χ1) is 13.2. The Morgan fingerprint density at radius 2 is 1.93 bits per heavy atom. The third-order valence-electron chi connectivity index (χ3n) is 4.90. The van der Waals surface area contributed by atoms with Gasteiger partial charge in [0, 0.05) is 37.7 Å². The van der Waals surface area contributed by atoms with Crippen LogP contribution in [0.5, 0.6) is 0 Å². The lowest BCUT2D eigenvalue weighted by atomic mass is 10.1. The van der Waals surface area contributed by atoms with Crippen molar-refractivity contribution in [2.24, 2.45) is 0 Å². The lowest BCUT2D eigenvalue weighted by Gasteiger charge is -2.31. The molecule has 4 nitrogen and oxygen atoms in total. The zero-order chi connectivity index (χ0) is 18.6. The van der Waals surface area contributed by atoms with Gasteiger partial charge in [0.05, 0.1) is 4.88 Å². The maximum Gasteiger partial charge on any atom is 0.273 e. The maximum atomic E-state index is 12.9. The molecule has 1 amide bonds. The monoisotopic (exact) mass is 397 g/mol. The third kappa shape index (κ3) is 4.06. The highest BCUT2D eigenvalue weighted by Gasteiger charge is 2.19. The van der Waals surface area contributed by atoms with Crippen molar-refractivity contribution < 1.29 is 4.79 Å². The van der Waals surface area contributed by atoms with E-state index in [2.05, 4.69) is 34.1 Å². The number of piperidine rings is 1. The summed E-state index contributed by atoms with van der Waals surface area (Å²) in [5, 5.41) is 4.81. The highest BCUT2D eigenvalue weighted by Crippen LogP contribution is 2.29. The highest BCUT2D eigenvalue weighted by atomic mass is 32.1. The summed E-state index contributed by atoms with van der Waals surface area (Å²) in [6, 6.07) is 12.5. The van der Waals surface area contributed by atoms with E-state index in [1.54, 1.807) is 16.2 Å². The molecule has 0 radical (unpaired) electrons. The van der Waals surface area contributed by atoms with Crippen LogP contribution >= 0.6 is 22.7 Å². The largest absolute Gasteiger partial charge is 0.371 e. The second kappa shape index (κ2) is 8.23. The van der Waals surface area contributed by atoms with Crippen LogP contribution in [-0.2, 0) is 6.54 Å². The highest BCUT2D eigenvalue weighted by molar-refractivity contribution is 7.20. The molecule has 0 unspecified atom stereocenters. The van der Waals surface area contributed by atoms with Gasteiger partial charge < -0.3 is 9.80 Å². The van der Waals surface area contributed by atoms with Crippen molar-refractivity contribution in [3.8, 4) is 9.88 Å².